The van der Waals surface area contributed by atoms with Crippen molar-refractivity contribution in [3.8, 4) is 6.07 Å². The van der Waals surface area contributed by atoms with E-state index >= 15 is 0 Å². The third kappa shape index (κ3) is 3.05. The summed E-state index contributed by atoms with van der Waals surface area (Å²) in [6.07, 6.45) is 3.43. The predicted octanol–water partition coefficient (Wildman–Crippen LogP) is 2.66. The molecule has 0 radical (unpaired) electrons. The van der Waals surface area contributed by atoms with Crippen molar-refractivity contribution in [2.24, 2.45) is 0 Å². The Morgan fingerprint density at radius 2 is 2.04 bits per heavy atom. The highest BCUT2D eigenvalue weighted by atomic mass is 32.2. The number of aromatic amines is 1. The molecule has 3 N–H and O–H groups in total. The second kappa shape index (κ2) is 6.34. The molecule has 2 aliphatic rings. The first-order valence-corrected chi connectivity index (χ1v) is 8.97. The van der Waals surface area contributed by atoms with Crippen LogP contribution in [0.2, 0.25) is 0 Å². The molecule has 2 bridgehead atoms. The quantitative estimate of drug-likeness (QED) is 0.800. The fourth-order valence-corrected chi connectivity index (χ4v) is 4.36. The molecule has 2 fully saturated rings. The van der Waals surface area contributed by atoms with Crippen molar-refractivity contribution in [2.45, 2.75) is 47.3 Å². The lowest BCUT2D eigenvalue weighted by molar-refractivity contribution is 0.0931. The summed E-state index contributed by atoms with van der Waals surface area (Å²) in [4.78, 5) is 16.5. The fourth-order valence-electron chi connectivity index (χ4n) is 3.54. The lowest BCUT2D eigenvalue weighted by atomic mass is 9.95. The smallest absolute Gasteiger partial charge is 0.251 e. The molecule has 24 heavy (non-hydrogen) atoms. The lowest BCUT2D eigenvalue weighted by Gasteiger charge is -2.21. The van der Waals surface area contributed by atoms with Gasteiger partial charge in [0.05, 0.1) is 5.03 Å². The van der Waals surface area contributed by atoms with E-state index in [4.69, 9.17) is 5.26 Å². The van der Waals surface area contributed by atoms with E-state index in [0.717, 1.165) is 22.8 Å². The topological polar surface area (TPSA) is 80.7 Å². The van der Waals surface area contributed by atoms with Crippen LogP contribution in [-0.4, -0.2) is 29.0 Å². The highest BCUT2D eigenvalue weighted by molar-refractivity contribution is 7.99. The van der Waals surface area contributed by atoms with Crippen molar-refractivity contribution >= 4 is 17.7 Å². The van der Waals surface area contributed by atoms with Gasteiger partial charge in [0.25, 0.3) is 5.91 Å². The number of carbonyl (C=O) groups is 1. The number of rotatable bonds is 4. The number of nitriles is 1. The first kappa shape index (κ1) is 15.3. The van der Waals surface area contributed by atoms with Crippen LogP contribution >= 0.6 is 11.8 Å². The summed E-state index contributed by atoms with van der Waals surface area (Å²) in [7, 11) is 0. The van der Waals surface area contributed by atoms with Crippen molar-refractivity contribution in [1.29, 1.82) is 5.26 Å². The van der Waals surface area contributed by atoms with Gasteiger partial charge in [0.15, 0.2) is 0 Å². The zero-order valence-electron chi connectivity index (χ0n) is 13.1. The number of hydrogen-bond donors (Lipinski definition) is 3. The van der Waals surface area contributed by atoms with Gasteiger partial charge >= 0.3 is 0 Å². The molecule has 122 valence electrons. The maximum Gasteiger partial charge on any atom is 0.251 e. The maximum atomic E-state index is 12.4. The average molecular weight is 338 g/mol. The van der Waals surface area contributed by atoms with Gasteiger partial charge in [0.2, 0.25) is 0 Å². The summed E-state index contributed by atoms with van der Waals surface area (Å²) >= 11 is 1.54. The van der Waals surface area contributed by atoms with Gasteiger partial charge in [-0.15, -0.1) is 0 Å². The Morgan fingerprint density at radius 1 is 1.21 bits per heavy atom. The molecule has 1 aromatic heterocycles. The number of fused-ring (bicyclic) bond motifs is 2. The van der Waals surface area contributed by atoms with Crippen molar-refractivity contribution in [3.05, 3.63) is 47.7 Å². The van der Waals surface area contributed by atoms with Gasteiger partial charge in [0, 0.05) is 28.6 Å². The summed E-state index contributed by atoms with van der Waals surface area (Å²) in [5.74, 6) is -0.00228. The van der Waals surface area contributed by atoms with E-state index in [2.05, 4.69) is 21.7 Å². The number of nitrogens with one attached hydrogen (secondary N) is 3. The van der Waals surface area contributed by atoms with E-state index in [1.54, 1.807) is 6.07 Å². The van der Waals surface area contributed by atoms with E-state index in [-0.39, 0.29) is 11.9 Å². The molecule has 3 atom stereocenters. The van der Waals surface area contributed by atoms with Gasteiger partial charge in [-0.25, -0.2) is 0 Å². The molecule has 0 aliphatic carbocycles. The number of hydrogen-bond acceptors (Lipinski definition) is 4. The Bertz CT molecular complexity index is 792. The summed E-state index contributed by atoms with van der Waals surface area (Å²) in [5.41, 5.74) is 1.24. The Kier molecular flexibility index (Phi) is 4.05. The van der Waals surface area contributed by atoms with Crippen LogP contribution in [0, 0.1) is 11.3 Å². The SMILES string of the molecule is N#Cc1ccc(Sc2ccc(C(=O)NC3CC4CCC3N4)cc2)[nH]1. The number of benzene rings is 1. The molecule has 1 aromatic carbocycles. The van der Waals surface area contributed by atoms with Crippen LogP contribution < -0.4 is 10.6 Å². The largest absolute Gasteiger partial charge is 0.348 e. The van der Waals surface area contributed by atoms with Crippen LogP contribution in [-0.2, 0) is 0 Å². The summed E-state index contributed by atoms with van der Waals surface area (Å²) in [6, 6.07) is 14.6. The summed E-state index contributed by atoms with van der Waals surface area (Å²) in [6.45, 7) is 0. The zero-order chi connectivity index (χ0) is 16.5. The Morgan fingerprint density at radius 3 is 2.67 bits per heavy atom. The van der Waals surface area contributed by atoms with Crippen molar-refractivity contribution in [2.75, 3.05) is 0 Å². The van der Waals surface area contributed by atoms with E-state index in [9.17, 15) is 4.79 Å². The molecule has 1 amide bonds. The van der Waals surface area contributed by atoms with Crippen LogP contribution in [0.3, 0.4) is 0 Å². The minimum Gasteiger partial charge on any atom is -0.348 e. The molecule has 4 rings (SSSR count). The standard InChI is InChI=1S/C18H18N4OS/c19-10-13-4-8-17(21-13)24-14-5-1-11(2-6-14)18(23)22-16-9-12-3-7-15(16)20-12/h1-2,4-6,8,12,15-16,20-21H,3,7,9H2,(H,22,23). The fraction of sp³-hybridized carbons (Fsp3) is 0.333. The van der Waals surface area contributed by atoms with Crippen LogP contribution in [0.4, 0.5) is 0 Å². The number of aromatic nitrogens is 1. The Hall–Kier alpha value is -2.23. The molecular formula is C18H18N4OS. The van der Waals surface area contributed by atoms with Crippen molar-refractivity contribution in [1.82, 2.24) is 15.6 Å². The number of carbonyl (C=O) groups excluding carboxylic acids is 1. The van der Waals surface area contributed by atoms with E-state index in [1.165, 1.54) is 18.2 Å². The van der Waals surface area contributed by atoms with E-state index < -0.39 is 0 Å². The molecule has 2 aromatic rings. The summed E-state index contributed by atoms with van der Waals surface area (Å²) < 4.78 is 0. The third-order valence-corrected chi connectivity index (χ3v) is 5.71. The Labute approximate surface area is 144 Å². The minimum absolute atomic E-state index is 0.00228. The summed E-state index contributed by atoms with van der Waals surface area (Å²) in [5, 5.41) is 16.4. The van der Waals surface area contributed by atoms with Crippen LogP contribution in [0.5, 0.6) is 0 Å². The molecule has 3 unspecified atom stereocenters. The molecule has 5 nitrogen and oxygen atoms in total. The second-order valence-corrected chi connectivity index (χ2v) is 7.45. The molecule has 2 aliphatic heterocycles. The monoisotopic (exact) mass is 338 g/mol. The lowest BCUT2D eigenvalue weighted by Crippen LogP contribution is -2.42. The number of nitrogens with zero attached hydrogens (tertiary/aromatic N) is 1. The van der Waals surface area contributed by atoms with Gasteiger partial charge in [-0.05, 0) is 55.7 Å². The minimum atomic E-state index is -0.00228. The van der Waals surface area contributed by atoms with Gasteiger partial charge in [-0.2, -0.15) is 5.26 Å². The van der Waals surface area contributed by atoms with E-state index in [1.807, 2.05) is 30.3 Å². The number of amides is 1. The van der Waals surface area contributed by atoms with E-state index in [0.29, 0.717) is 23.3 Å². The van der Waals surface area contributed by atoms with Crippen LogP contribution in [0.1, 0.15) is 35.3 Å². The van der Waals surface area contributed by atoms with Crippen molar-refractivity contribution in [3.63, 3.8) is 0 Å². The highest BCUT2D eigenvalue weighted by Gasteiger charge is 2.39. The molecule has 3 heterocycles. The van der Waals surface area contributed by atoms with Crippen LogP contribution in [0.15, 0.2) is 46.3 Å². The first-order valence-electron chi connectivity index (χ1n) is 8.15. The molecule has 2 saturated heterocycles. The zero-order valence-corrected chi connectivity index (χ0v) is 13.9. The third-order valence-electron chi connectivity index (χ3n) is 4.74. The van der Waals surface area contributed by atoms with Crippen molar-refractivity contribution < 1.29 is 4.79 Å². The number of H-pyrrole nitrogens is 1. The van der Waals surface area contributed by atoms with Crippen LogP contribution in [0.25, 0.3) is 0 Å². The normalized spacial score (nSPS) is 24.7. The van der Waals surface area contributed by atoms with Gasteiger partial charge in [0.1, 0.15) is 11.8 Å². The molecule has 0 saturated carbocycles. The molecule has 0 spiro atoms. The first-order chi connectivity index (χ1) is 11.7. The highest BCUT2D eigenvalue weighted by Crippen LogP contribution is 2.29. The predicted molar refractivity (Wildman–Crippen MR) is 91.9 cm³/mol. The van der Waals surface area contributed by atoms with Gasteiger partial charge in [-0.1, -0.05) is 11.8 Å². The maximum absolute atomic E-state index is 12.4. The Balaban J connectivity index is 1.38. The average Bonchev–Trinajstić information content (AvgIpc) is 3.32. The van der Waals surface area contributed by atoms with Gasteiger partial charge in [-0.3, -0.25) is 4.79 Å². The second-order valence-electron chi connectivity index (χ2n) is 6.34. The molecular weight excluding hydrogens is 320 g/mol. The van der Waals surface area contributed by atoms with Gasteiger partial charge < -0.3 is 15.6 Å². The molecule has 6 heteroatoms.